The molecule has 5 N–H and O–H groups in total. The number of hydrogen-bond donors (Lipinski definition) is 5. The van der Waals surface area contributed by atoms with Crippen molar-refractivity contribution in [3.63, 3.8) is 0 Å². The quantitative estimate of drug-likeness (QED) is 0.206. The van der Waals surface area contributed by atoms with Crippen LogP contribution in [0.3, 0.4) is 0 Å². The van der Waals surface area contributed by atoms with E-state index in [0.717, 1.165) is 32.1 Å². The summed E-state index contributed by atoms with van der Waals surface area (Å²) in [5, 5.41) is 54.9. The van der Waals surface area contributed by atoms with Crippen LogP contribution in [0, 0.1) is 56.7 Å². The van der Waals surface area contributed by atoms with Crippen LogP contribution in [0.1, 0.15) is 127 Å². The van der Waals surface area contributed by atoms with Gasteiger partial charge in [0.2, 0.25) is 0 Å². The van der Waals surface area contributed by atoms with E-state index in [0.29, 0.717) is 36.5 Å². The Bertz CT molecular complexity index is 1160. The fourth-order valence-corrected chi connectivity index (χ4v) is 13.6. The van der Waals surface area contributed by atoms with Gasteiger partial charge in [0.05, 0.1) is 23.9 Å². The molecule has 0 spiro atoms. The van der Waals surface area contributed by atoms with E-state index in [1.807, 2.05) is 20.8 Å². The summed E-state index contributed by atoms with van der Waals surface area (Å²) in [6, 6.07) is 0. The van der Waals surface area contributed by atoms with Gasteiger partial charge in [-0.25, -0.2) is 0 Å². The maximum atomic E-state index is 11.2. The summed E-state index contributed by atoms with van der Waals surface area (Å²) in [5.41, 5.74) is -0.377. The van der Waals surface area contributed by atoms with Crippen LogP contribution in [-0.4, -0.2) is 87.3 Å². The highest BCUT2D eigenvalue weighted by Gasteiger charge is 2.85. The molecule has 17 atom stereocenters. The summed E-state index contributed by atoms with van der Waals surface area (Å²) >= 11 is 0. The van der Waals surface area contributed by atoms with Crippen LogP contribution in [0.25, 0.3) is 0 Å². The van der Waals surface area contributed by atoms with E-state index in [1.165, 1.54) is 19.3 Å². The van der Waals surface area contributed by atoms with Gasteiger partial charge < -0.3 is 39.7 Å². The van der Waals surface area contributed by atoms with Crippen molar-refractivity contribution in [2.75, 3.05) is 7.11 Å². The van der Waals surface area contributed by atoms with Crippen LogP contribution in [-0.2, 0) is 14.2 Å². The molecule has 6 fully saturated rings. The molecular formula is C39H68O8. The molecule has 5 aliphatic carbocycles. The Hall–Kier alpha value is -0.320. The van der Waals surface area contributed by atoms with Crippen LogP contribution >= 0.6 is 0 Å². The Balaban J connectivity index is 1.34. The molecule has 0 aromatic rings. The molecule has 0 aromatic carbocycles. The topological polar surface area (TPSA) is 129 Å². The fourth-order valence-electron chi connectivity index (χ4n) is 13.6. The second-order valence-corrected chi connectivity index (χ2v) is 19.1. The standard InChI is InChI=1S/C39H68O8/c1-11-25-29(41)30(42)31(43)33(46-25)47-28-19-27-34(4,5)22(3)12-15-36(27,8)26-14-16-38-20-39(38,37(26,28)9)17-13-23(38)21(2)18-24(40)32(44)35(6,7)45-10/h21-33,40-44H,11-20H2,1-10H3/t21-,22+,23+,24-,25+,26+,27+,28-,29+,30-,31+,32+,33-,36+,37-,38+,39+/m1/s1. The lowest BCUT2D eigenvalue weighted by atomic mass is 9.36. The molecule has 272 valence electrons. The summed E-state index contributed by atoms with van der Waals surface area (Å²) in [6.07, 6.45) is 2.87. The molecule has 8 heteroatoms. The van der Waals surface area contributed by atoms with E-state index in [4.69, 9.17) is 14.2 Å². The molecule has 6 rings (SSSR count). The van der Waals surface area contributed by atoms with Gasteiger partial charge in [-0.2, -0.15) is 0 Å². The van der Waals surface area contributed by atoms with Gasteiger partial charge in [0.1, 0.15) is 24.4 Å². The summed E-state index contributed by atoms with van der Waals surface area (Å²) in [6.45, 7) is 20.3. The van der Waals surface area contributed by atoms with Gasteiger partial charge in [-0.05, 0) is 129 Å². The van der Waals surface area contributed by atoms with Crippen molar-refractivity contribution in [1.29, 1.82) is 0 Å². The van der Waals surface area contributed by atoms with Gasteiger partial charge in [0.25, 0.3) is 0 Å². The maximum Gasteiger partial charge on any atom is 0.186 e. The third-order valence-electron chi connectivity index (χ3n) is 16.9. The van der Waals surface area contributed by atoms with Crippen molar-refractivity contribution in [2.24, 2.45) is 56.7 Å². The lowest BCUT2D eigenvalue weighted by Crippen LogP contribution is -2.67. The Morgan fingerprint density at radius 2 is 1.60 bits per heavy atom. The van der Waals surface area contributed by atoms with Gasteiger partial charge in [-0.3, -0.25) is 0 Å². The molecule has 1 saturated heterocycles. The van der Waals surface area contributed by atoms with E-state index in [9.17, 15) is 25.5 Å². The molecule has 0 aromatic heterocycles. The van der Waals surface area contributed by atoms with Gasteiger partial charge in [0, 0.05) is 12.5 Å². The van der Waals surface area contributed by atoms with Crippen molar-refractivity contribution in [2.45, 2.75) is 181 Å². The SMILES string of the molecule is CC[C@@H]1O[C@H](O[C@@H]2C[C@H]3C(C)(C)[C@@H](C)CC[C@@]3(C)[C@@H]3CC[C@@]45C[C@@]4(CC[C@H]5[C@H](C)C[C@@H](O)[C@H](O)C(C)(C)OC)[C@@]23C)[C@@H](O)[C@H](O)[C@H]1O. The monoisotopic (exact) mass is 664 g/mol. The molecule has 5 saturated carbocycles. The number of aliphatic hydroxyl groups is 5. The predicted octanol–water partition coefficient (Wildman–Crippen LogP) is 5.45. The van der Waals surface area contributed by atoms with Crippen LogP contribution in [0.15, 0.2) is 0 Å². The predicted molar refractivity (Wildman–Crippen MR) is 180 cm³/mol. The number of fused-ring (bicyclic) bond motifs is 3. The summed E-state index contributed by atoms with van der Waals surface area (Å²) in [7, 11) is 1.58. The Morgan fingerprint density at radius 1 is 0.915 bits per heavy atom. The molecule has 0 bridgehead atoms. The summed E-state index contributed by atoms with van der Waals surface area (Å²) in [4.78, 5) is 0. The van der Waals surface area contributed by atoms with Gasteiger partial charge in [0.15, 0.2) is 6.29 Å². The van der Waals surface area contributed by atoms with Gasteiger partial charge >= 0.3 is 0 Å². The lowest BCUT2D eigenvalue weighted by Gasteiger charge is -2.69. The zero-order valence-electron chi connectivity index (χ0n) is 31.0. The Kier molecular flexibility index (Phi) is 9.20. The van der Waals surface area contributed by atoms with Crippen molar-refractivity contribution in [3.05, 3.63) is 0 Å². The van der Waals surface area contributed by atoms with E-state index >= 15 is 0 Å². The number of aliphatic hydroxyl groups excluding tert-OH is 5. The van der Waals surface area contributed by atoms with E-state index in [-0.39, 0.29) is 39.1 Å². The highest BCUT2D eigenvalue weighted by Crippen LogP contribution is 2.91. The molecule has 8 nitrogen and oxygen atoms in total. The summed E-state index contributed by atoms with van der Waals surface area (Å²) < 4.78 is 18.9. The van der Waals surface area contributed by atoms with Gasteiger partial charge in [-0.1, -0.05) is 48.5 Å². The van der Waals surface area contributed by atoms with Crippen molar-refractivity contribution < 1.29 is 39.7 Å². The van der Waals surface area contributed by atoms with Crippen LogP contribution in [0.2, 0.25) is 0 Å². The van der Waals surface area contributed by atoms with E-state index in [2.05, 4.69) is 41.5 Å². The molecule has 0 unspecified atom stereocenters. The zero-order chi connectivity index (χ0) is 34.7. The first-order valence-electron chi connectivity index (χ1n) is 19.1. The molecule has 47 heavy (non-hydrogen) atoms. The zero-order valence-corrected chi connectivity index (χ0v) is 31.0. The first-order chi connectivity index (χ1) is 21.8. The number of ether oxygens (including phenoxy) is 3. The van der Waals surface area contributed by atoms with E-state index in [1.54, 1.807) is 7.11 Å². The molecule has 0 amide bonds. The third kappa shape index (κ3) is 4.95. The number of rotatable bonds is 9. The first-order valence-corrected chi connectivity index (χ1v) is 19.1. The third-order valence-corrected chi connectivity index (χ3v) is 16.9. The first kappa shape index (κ1) is 36.5. The Labute approximate surface area is 284 Å². The molecule has 1 aliphatic heterocycles. The maximum absolute atomic E-state index is 11.2. The average Bonchev–Trinajstić information content (AvgIpc) is 3.59. The largest absolute Gasteiger partial charge is 0.390 e. The fraction of sp³-hybridized carbons (Fsp3) is 1.00. The molecule has 0 radical (unpaired) electrons. The van der Waals surface area contributed by atoms with Crippen molar-refractivity contribution >= 4 is 0 Å². The second-order valence-electron chi connectivity index (χ2n) is 19.1. The minimum absolute atomic E-state index is 0.102. The van der Waals surface area contributed by atoms with Crippen LogP contribution in [0.4, 0.5) is 0 Å². The molecule has 1 heterocycles. The number of hydrogen-bond acceptors (Lipinski definition) is 8. The highest BCUT2D eigenvalue weighted by atomic mass is 16.7. The molecule has 6 aliphatic rings. The minimum Gasteiger partial charge on any atom is -0.390 e. The van der Waals surface area contributed by atoms with Crippen LogP contribution < -0.4 is 0 Å². The summed E-state index contributed by atoms with van der Waals surface area (Å²) in [5.74, 6) is 2.23. The normalized spacial score (nSPS) is 52.4. The highest BCUT2D eigenvalue weighted by molar-refractivity contribution is 5.33. The smallest absolute Gasteiger partial charge is 0.186 e. The van der Waals surface area contributed by atoms with Crippen LogP contribution in [0.5, 0.6) is 0 Å². The second kappa shape index (κ2) is 11.9. The average molecular weight is 665 g/mol. The van der Waals surface area contributed by atoms with Crippen molar-refractivity contribution in [3.8, 4) is 0 Å². The number of methoxy groups -OCH3 is 1. The molecular weight excluding hydrogens is 596 g/mol. The van der Waals surface area contributed by atoms with Crippen molar-refractivity contribution in [1.82, 2.24) is 0 Å². The van der Waals surface area contributed by atoms with E-state index < -0.39 is 48.5 Å². The minimum atomic E-state index is -1.31. The Morgan fingerprint density at radius 3 is 2.23 bits per heavy atom. The lowest BCUT2D eigenvalue weighted by molar-refractivity contribution is -0.341. The van der Waals surface area contributed by atoms with Gasteiger partial charge in [-0.15, -0.1) is 0 Å².